The first-order valence-corrected chi connectivity index (χ1v) is 3.73. The van der Waals surface area contributed by atoms with E-state index in [2.05, 4.69) is 12.2 Å². The third kappa shape index (κ3) is 2.55. The maximum absolute atomic E-state index is 8.88. The number of hydrogen-bond donors (Lipinski definition) is 2. The zero-order chi connectivity index (χ0) is 8.10. The van der Waals surface area contributed by atoms with Crippen molar-refractivity contribution in [2.45, 2.75) is 13.5 Å². The molecule has 1 aromatic heterocycles. The van der Waals surface area contributed by atoms with Gasteiger partial charge in [0.2, 0.25) is 12.4 Å². The van der Waals surface area contributed by atoms with E-state index in [1.165, 1.54) is 5.56 Å². The molecule has 0 bridgehead atoms. The van der Waals surface area contributed by atoms with E-state index in [1.807, 2.05) is 12.1 Å². The van der Waals surface area contributed by atoms with Gasteiger partial charge in [0, 0.05) is 23.4 Å². The molecule has 3 heteroatoms. The largest absolute Gasteiger partial charge is 0.313 e. The summed E-state index contributed by atoms with van der Waals surface area (Å²) in [6.45, 7) is 3.89. The minimum Gasteiger partial charge on any atom is -0.313 e. The molecule has 0 radical (unpaired) electrons. The average molecular weight is 153 g/mol. The second kappa shape index (κ2) is 3.93. The van der Waals surface area contributed by atoms with Gasteiger partial charge in [0.15, 0.2) is 0 Å². The van der Waals surface area contributed by atoms with Gasteiger partial charge in [-0.25, -0.2) is 0 Å². The van der Waals surface area contributed by atoms with Gasteiger partial charge in [-0.1, -0.05) is 6.92 Å². The molecule has 60 valence electrons. The van der Waals surface area contributed by atoms with Crippen molar-refractivity contribution < 1.29 is 9.94 Å². The van der Waals surface area contributed by atoms with Crippen LogP contribution in [0.5, 0.6) is 0 Å². The van der Waals surface area contributed by atoms with Crippen LogP contribution >= 0.6 is 0 Å². The molecule has 3 nitrogen and oxygen atoms in total. The molecular formula is C8H13N2O+. The number of rotatable bonds is 3. The summed E-state index contributed by atoms with van der Waals surface area (Å²) in [4.78, 5) is 0. The Bertz CT molecular complexity index is 208. The van der Waals surface area contributed by atoms with Gasteiger partial charge in [-0.05, 0) is 12.1 Å². The molecule has 0 aliphatic carbocycles. The van der Waals surface area contributed by atoms with Crippen LogP contribution in [0.3, 0.4) is 0 Å². The lowest BCUT2D eigenvalue weighted by molar-refractivity contribution is -0.904. The quantitative estimate of drug-likeness (QED) is 0.484. The molecule has 0 atom stereocenters. The minimum absolute atomic E-state index is 0.858. The van der Waals surface area contributed by atoms with E-state index in [-0.39, 0.29) is 0 Å². The highest BCUT2D eigenvalue weighted by molar-refractivity contribution is 5.06. The fraction of sp³-hybridized carbons (Fsp3) is 0.375. The molecule has 0 saturated carbocycles. The van der Waals surface area contributed by atoms with Crippen molar-refractivity contribution in [2.24, 2.45) is 0 Å². The molecule has 0 amide bonds. The van der Waals surface area contributed by atoms with E-state index in [4.69, 9.17) is 5.21 Å². The maximum Gasteiger partial charge on any atom is 0.222 e. The van der Waals surface area contributed by atoms with Crippen LogP contribution in [-0.2, 0) is 6.54 Å². The van der Waals surface area contributed by atoms with Crippen LogP contribution in [0, 0.1) is 0 Å². The normalized spacial score (nSPS) is 9.91. The molecule has 1 aromatic rings. The highest BCUT2D eigenvalue weighted by atomic mass is 16.5. The van der Waals surface area contributed by atoms with Crippen molar-refractivity contribution in [3.05, 3.63) is 30.1 Å². The molecule has 0 aliphatic rings. The SMILES string of the molecule is CCNCc1cc[n+](O)cc1. The summed E-state index contributed by atoms with van der Waals surface area (Å²) in [5, 5.41) is 12.1. The molecule has 0 fully saturated rings. The third-order valence-electron chi connectivity index (χ3n) is 1.46. The molecular weight excluding hydrogens is 140 g/mol. The van der Waals surface area contributed by atoms with Crippen molar-refractivity contribution in [2.75, 3.05) is 6.54 Å². The Labute approximate surface area is 66.3 Å². The molecule has 11 heavy (non-hydrogen) atoms. The number of nitrogens with zero attached hydrogens (tertiary/aromatic N) is 1. The van der Waals surface area contributed by atoms with Crippen molar-refractivity contribution in [1.82, 2.24) is 5.32 Å². The van der Waals surface area contributed by atoms with Crippen LogP contribution in [0.2, 0.25) is 0 Å². The topological polar surface area (TPSA) is 36.1 Å². The highest BCUT2D eigenvalue weighted by Crippen LogP contribution is 1.92. The van der Waals surface area contributed by atoms with Gasteiger partial charge in [-0.3, -0.25) is 5.21 Å². The lowest BCUT2D eigenvalue weighted by Gasteiger charge is -1.97. The Kier molecular flexibility index (Phi) is 2.86. The van der Waals surface area contributed by atoms with Crippen LogP contribution < -0.4 is 10.0 Å². The first-order valence-electron chi connectivity index (χ1n) is 3.73. The lowest BCUT2D eigenvalue weighted by Crippen LogP contribution is -2.28. The van der Waals surface area contributed by atoms with Gasteiger partial charge < -0.3 is 5.32 Å². The van der Waals surface area contributed by atoms with Crippen molar-refractivity contribution in [3.8, 4) is 0 Å². The summed E-state index contributed by atoms with van der Waals surface area (Å²) in [6.07, 6.45) is 3.24. The van der Waals surface area contributed by atoms with Gasteiger partial charge in [0.05, 0.1) is 0 Å². The van der Waals surface area contributed by atoms with E-state index < -0.39 is 0 Å². The van der Waals surface area contributed by atoms with E-state index in [1.54, 1.807) is 12.4 Å². The molecule has 0 unspecified atom stereocenters. The zero-order valence-corrected chi connectivity index (χ0v) is 6.62. The van der Waals surface area contributed by atoms with E-state index in [9.17, 15) is 0 Å². The smallest absolute Gasteiger partial charge is 0.222 e. The summed E-state index contributed by atoms with van der Waals surface area (Å²) >= 11 is 0. The standard InChI is InChI=1S/C8H13N2O/c1-2-9-7-8-3-5-10(11)6-4-8/h3-6,9,11H,2,7H2,1H3/q+1. The van der Waals surface area contributed by atoms with Crippen LogP contribution in [0.1, 0.15) is 12.5 Å². The Morgan fingerprint density at radius 3 is 2.64 bits per heavy atom. The molecule has 0 spiro atoms. The molecule has 0 aliphatic heterocycles. The number of hydrogen-bond acceptors (Lipinski definition) is 2. The fourth-order valence-electron chi connectivity index (χ4n) is 0.837. The Balaban J connectivity index is 2.52. The maximum atomic E-state index is 8.88. The second-order valence-electron chi connectivity index (χ2n) is 2.37. The Morgan fingerprint density at radius 2 is 2.09 bits per heavy atom. The van der Waals surface area contributed by atoms with Crippen molar-refractivity contribution >= 4 is 0 Å². The summed E-state index contributed by atoms with van der Waals surface area (Å²) in [5.74, 6) is 0. The average Bonchev–Trinajstić information content (AvgIpc) is 2.04. The summed E-state index contributed by atoms with van der Waals surface area (Å²) in [6, 6.07) is 3.76. The number of pyridine rings is 1. The van der Waals surface area contributed by atoms with E-state index in [0.29, 0.717) is 0 Å². The summed E-state index contributed by atoms with van der Waals surface area (Å²) < 4.78 is 1.04. The van der Waals surface area contributed by atoms with Gasteiger partial charge in [0.1, 0.15) is 0 Å². The lowest BCUT2D eigenvalue weighted by atomic mass is 10.3. The monoisotopic (exact) mass is 153 g/mol. The Hall–Kier alpha value is -1.09. The van der Waals surface area contributed by atoms with Gasteiger partial charge in [-0.15, -0.1) is 0 Å². The highest BCUT2D eigenvalue weighted by Gasteiger charge is 1.95. The molecule has 1 heterocycles. The minimum atomic E-state index is 0.858. The first kappa shape index (κ1) is 8.01. The van der Waals surface area contributed by atoms with Crippen LogP contribution in [-0.4, -0.2) is 11.8 Å². The predicted molar refractivity (Wildman–Crippen MR) is 41.2 cm³/mol. The van der Waals surface area contributed by atoms with Gasteiger partial charge in [0.25, 0.3) is 0 Å². The summed E-state index contributed by atoms with van der Waals surface area (Å²) in [7, 11) is 0. The molecule has 0 saturated heterocycles. The first-order chi connectivity index (χ1) is 5.33. The van der Waals surface area contributed by atoms with Crippen molar-refractivity contribution in [3.63, 3.8) is 0 Å². The van der Waals surface area contributed by atoms with Crippen LogP contribution in [0.25, 0.3) is 0 Å². The Morgan fingerprint density at radius 1 is 1.45 bits per heavy atom. The zero-order valence-electron chi connectivity index (χ0n) is 6.62. The predicted octanol–water partition coefficient (Wildman–Crippen LogP) is 0.321. The van der Waals surface area contributed by atoms with Crippen LogP contribution in [0.4, 0.5) is 0 Å². The van der Waals surface area contributed by atoms with Crippen molar-refractivity contribution in [1.29, 1.82) is 0 Å². The van der Waals surface area contributed by atoms with Gasteiger partial charge in [-0.2, -0.15) is 0 Å². The van der Waals surface area contributed by atoms with E-state index in [0.717, 1.165) is 17.8 Å². The van der Waals surface area contributed by atoms with Gasteiger partial charge >= 0.3 is 0 Å². The number of aromatic nitrogens is 1. The molecule has 1 rings (SSSR count). The fourth-order valence-corrected chi connectivity index (χ4v) is 0.837. The molecule has 0 aromatic carbocycles. The van der Waals surface area contributed by atoms with Crippen LogP contribution in [0.15, 0.2) is 24.5 Å². The third-order valence-corrected chi connectivity index (χ3v) is 1.46. The summed E-state index contributed by atoms with van der Waals surface area (Å²) in [5.41, 5.74) is 1.18. The number of nitrogens with one attached hydrogen (secondary N) is 1. The molecule has 2 N–H and O–H groups in total. The van der Waals surface area contributed by atoms with E-state index >= 15 is 0 Å². The second-order valence-corrected chi connectivity index (χ2v) is 2.37.